The molecule has 0 aromatic heterocycles. The Hall–Kier alpha value is -0.830. The van der Waals surface area contributed by atoms with E-state index in [9.17, 15) is 4.79 Å². The molecule has 1 heterocycles. The van der Waals surface area contributed by atoms with E-state index in [1.807, 2.05) is 18.7 Å². The highest BCUT2D eigenvalue weighted by atomic mass is 79.9. The fourth-order valence-corrected chi connectivity index (χ4v) is 2.91. The molecule has 19 heavy (non-hydrogen) atoms. The van der Waals surface area contributed by atoms with E-state index in [4.69, 9.17) is 0 Å². The first-order valence-electron chi connectivity index (χ1n) is 6.99. The van der Waals surface area contributed by atoms with Crippen LogP contribution in [0.5, 0.6) is 0 Å². The number of amides is 1. The molecule has 0 bridgehead atoms. The highest BCUT2D eigenvalue weighted by Gasteiger charge is 2.31. The zero-order valence-electron chi connectivity index (χ0n) is 11.7. The summed E-state index contributed by atoms with van der Waals surface area (Å²) < 4.78 is -0.431. The van der Waals surface area contributed by atoms with Crippen LogP contribution in [0.4, 0.5) is 0 Å². The Balaban J connectivity index is 1.85. The Kier molecular flexibility index (Phi) is 4.67. The van der Waals surface area contributed by atoms with Crippen LogP contribution in [0.1, 0.15) is 32.3 Å². The van der Waals surface area contributed by atoms with Gasteiger partial charge in [0.1, 0.15) is 0 Å². The van der Waals surface area contributed by atoms with Crippen molar-refractivity contribution in [1.29, 1.82) is 0 Å². The Morgan fingerprint density at radius 1 is 1.26 bits per heavy atom. The fraction of sp³-hybridized carbons (Fsp3) is 0.562. The van der Waals surface area contributed by atoms with Crippen molar-refractivity contribution in [3.05, 3.63) is 35.9 Å². The van der Waals surface area contributed by atoms with Gasteiger partial charge in [-0.1, -0.05) is 46.3 Å². The Labute approximate surface area is 124 Å². The van der Waals surface area contributed by atoms with Gasteiger partial charge in [0.25, 0.3) is 0 Å². The van der Waals surface area contributed by atoms with E-state index in [0.29, 0.717) is 5.92 Å². The lowest BCUT2D eigenvalue weighted by molar-refractivity contribution is -0.134. The summed E-state index contributed by atoms with van der Waals surface area (Å²) in [6, 6.07) is 10.6. The first-order chi connectivity index (χ1) is 8.97. The standard InChI is InChI=1S/C16H22BrNO/c1-16(2,17)15(19)18-10-8-14(9-11-18)12-13-6-4-3-5-7-13/h3-7,14H,8-12H2,1-2H3. The number of hydrogen-bond donors (Lipinski definition) is 0. The third kappa shape index (κ3) is 4.07. The van der Waals surface area contributed by atoms with Crippen LogP contribution >= 0.6 is 15.9 Å². The Morgan fingerprint density at radius 3 is 2.37 bits per heavy atom. The first kappa shape index (κ1) is 14.6. The Bertz CT molecular complexity index is 416. The zero-order chi connectivity index (χ0) is 13.9. The summed E-state index contributed by atoms with van der Waals surface area (Å²) in [6.45, 7) is 5.63. The number of alkyl halides is 1. The Morgan fingerprint density at radius 2 is 1.84 bits per heavy atom. The van der Waals surface area contributed by atoms with Crippen molar-refractivity contribution in [3.63, 3.8) is 0 Å². The number of nitrogens with zero attached hydrogens (tertiary/aromatic N) is 1. The van der Waals surface area contributed by atoms with Gasteiger partial charge in [0.2, 0.25) is 5.91 Å². The predicted octanol–water partition coefficient (Wildman–Crippen LogP) is 3.64. The molecule has 0 unspecified atom stereocenters. The molecule has 3 heteroatoms. The monoisotopic (exact) mass is 323 g/mol. The molecule has 0 spiro atoms. The quantitative estimate of drug-likeness (QED) is 0.778. The number of halogens is 1. The minimum Gasteiger partial charge on any atom is -0.341 e. The summed E-state index contributed by atoms with van der Waals surface area (Å²) in [4.78, 5) is 14.2. The van der Waals surface area contributed by atoms with Gasteiger partial charge in [-0.05, 0) is 44.6 Å². The van der Waals surface area contributed by atoms with Gasteiger partial charge in [-0.3, -0.25) is 4.79 Å². The smallest absolute Gasteiger partial charge is 0.238 e. The lowest BCUT2D eigenvalue weighted by Gasteiger charge is -2.35. The number of carbonyl (C=O) groups excluding carboxylic acids is 1. The van der Waals surface area contributed by atoms with Crippen molar-refractivity contribution in [2.75, 3.05) is 13.1 Å². The first-order valence-corrected chi connectivity index (χ1v) is 7.78. The third-order valence-corrected chi connectivity index (χ3v) is 4.12. The molecular weight excluding hydrogens is 302 g/mol. The van der Waals surface area contributed by atoms with Gasteiger partial charge in [-0.25, -0.2) is 0 Å². The lowest BCUT2D eigenvalue weighted by Crippen LogP contribution is -2.45. The van der Waals surface area contributed by atoms with Gasteiger partial charge in [-0.2, -0.15) is 0 Å². The van der Waals surface area contributed by atoms with Crippen molar-refractivity contribution in [3.8, 4) is 0 Å². The van der Waals surface area contributed by atoms with Crippen LogP contribution in [-0.4, -0.2) is 28.2 Å². The second-order valence-electron chi connectivity index (χ2n) is 5.90. The molecule has 0 aliphatic carbocycles. The van der Waals surface area contributed by atoms with Crippen molar-refractivity contribution < 1.29 is 4.79 Å². The molecule has 1 saturated heterocycles. The van der Waals surface area contributed by atoms with Crippen molar-refractivity contribution in [2.45, 2.75) is 37.4 Å². The van der Waals surface area contributed by atoms with E-state index in [-0.39, 0.29) is 5.91 Å². The third-order valence-electron chi connectivity index (χ3n) is 3.78. The van der Waals surface area contributed by atoms with Gasteiger partial charge in [-0.15, -0.1) is 0 Å². The maximum absolute atomic E-state index is 12.2. The lowest BCUT2D eigenvalue weighted by atomic mass is 9.90. The van der Waals surface area contributed by atoms with E-state index < -0.39 is 4.32 Å². The van der Waals surface area contributed by atoms with Gasteiger partial charge in [0, 0.05) is 13.1 Å². The summed E-state index contributed by atoms with van der Waals surface area (Å²) in [5.41, 5.74) is 1.41. The number of piperidine rings is 1. The number of rotatable bonds is 3. The van der Waals surface area contributed by atoms with Gasteiger partial charge in [0.15, 0.2) is 0 Å². The number of carbonyl (C=O) groups is 1. The van der Waals surface area contributed by atoms with E-state index >= 15 is 0 Å². The molecule has 104 valence electrons. The molecule has 1 aliphatic heterocycles. The van der Waals surface area contributed by atoms with Crippen LogP contribution in [0.25, 0.3) is 0 Å². The van der Waals surface area contributed by atoms with E-state index in [0.717, 1.165) is 32.4 Å². The molecular formula is C16H22BrNO. The van der Waals surface area contributed by atoms with Crippen molar-refractivity contribution >= 4 is 21.8 Å². The van der Waals surface area contributed by atoms with E-state index in [2.05, 4.69) is 46.3 Å². The van der Waals surface area contributed by atoms with Crippen LogP contribution in [0.2, 0.25) is 0 Å². The van der Waals surface area contributed by atoms with Gasteiger partial charge < -0.3 is 4.90 Å². The van der Waals surface area contributed by atoms with Gasteiger partial charge in [0.05, 0.1) is 4.32 Å². The topological polar surface area (TPSA) is 20.3 Å². The molecule has 0 saturated carbocycles. The summed E-state index contributed by atoms with van der Waals surface area (Å²) in [6.07, 6.45) is 3.37. The highest BCUT2D eigenvalue weighted by molar-refractivity contribution is 9.10. The minimum atomic E-state index is -0.431. The molecule has 1 aromatic carbocycles. The normalized spacial score (nSPS) is 17.5. The maximum Gasteiger partial charge on any atom is 0.238 e. The predicted molar refractivity (Wildman–Crippen MR) is 82.5 cm³/mol. The average molecular weight is 324 g/mol. The molecule has 1 amide bonds. The van der Waals surface area contributed by atoms with Crippen molar-refractivity contribution in [2.24, 2.45) is 5.92 Å². The van der Waals surface area contributed by atoms with Gasteiger partial charge >= 0.3 is 0 Å². The summed E-state index contributed by atoms with van der Waals surface area (Å²) in [7, 11) is 0. The SMILES string of the molecule is CC(C)(Br)C(=O)N1CCC(Cc2ccccc2)CC1. The summed E-state index contributed by atoms with van der Waals surface area (Å²) >= 11 is 3.46. The van der Waals surface area contributed by atoms with E-state index in [1.54, 1.807) is 0 Å². The minimum absolute atomic E-state index is 0.214. The molecule has 0 radical (unpaired) electrons. The average Bonchev–Trinajstić information content (AvgIpc) is 2.39. The number of hydrogen-bond acceptors (Lipinski definition) is 1. The molecule has 2 nitrogen and oxygen atoms in total. The largest absolute Gasteiger partial charge is 0.341 e. The van der Waals surface area contributed by atoms with Crippen LogP contribution in [0, 0.1) is 5.92 Å². The van der Waals surface area contributed by atoms with Crippen LogP contribution in [-0.2, 0) is 11.2 Å². The molecule has 0 atom stereocenters. The summed E-state index contributed by atoms with van der Waals surface area (Å²) in [5, 5.41) is 0. The van der Waals surface area contributed by atoms with E-state index in [1.165, 1.54) is 5.56 Å². The maximum atomic E-state index is 12.2. The zero-order valence-corrected chi connectivity index (χ0v) is 13.3. The van der Waals surface area contributed by atoms with Crippen LogP contribution in [0.3, 0.4) is 0 Å². The summed E-state index contributed by atoms with van der Waals surface area (Å²) in [5.74, 6) is 0.926. The molecule has 1 aromatic rings. The molecule has 1 fully saturated rings. The number of likely N-dealkylation sites (tertiary alicyclic amines) is 1. The second-order valence-corrected chi connectivity index (χ2v) is 7.88. The highest BCUT2D eigenvalue weighted by Crippen LogP contribution is 2.26. The fourth-order valence-electron chi connectivity index (χ4n) is 2.66. The molecule has 1 aliphatic rings. The molecule has 0 N–H and O–H groups in total. The molecule has 2 rings (SSSR count). The number of benzene rings is 1. The second kappa shape index (κ2) is 6.08. The van der Waals surface area contributed by atoms with Crippen molar-refractivity contribution in [1.82, 2.24) is 4.90 Å². The van der Waals surface area contributed by atoms with Crippen LogP contribution < -0.4 is 0 Å². The van der Waals surface area contributed by atoms with Crippen LogP contribution in [0.15, 0.2) is 30.3 Å².